The number of aliphatic hydroxyl groups is 1. The summed E-state index contributed by atoms with van der Waals surface area (Å²) in [6, 6.07) is 9.05. The van der Waals surface area contributed by atoms with Crippen molar-refractivity contribution in [1.29, 1.82) is 0 Å². The second-order valence-electron chi connectivity index (χ2n) is 9.79. The molecule has 3 aromatic rings. The van der Waals surface area contributed by atoms with Crippen molar-refractivity contribution in [1.82, 2.24) is 26.3 Å². The predicted molar refractivity (Wildman–Crippen MR) is 145 cm³/mol. The number of hydrogen-bond donors (Lipinski definition) is 8. The zero-order valence-corrected chi connectivity index (χ0v) is 21.7. The number of carboxylic acids is 1. The summed E-state index contributed by atoms with van der Waals surface area (Å²) in [4.78, 5) is 54.1. The number of carbonyl (C=O) groups is 4. The van der Waals surface area contributed by atoms with E-state index < -0.39 is 54.5 Å². The number of carbonyl (C=O) groups excluding carboxylic acids is 3. The summed E-state index contributed by atoms with van der Waals surface area (Å²) < 4.78 is 0. The van der Waals surface area contributed by atoms with Gasteiger partial charge >= 0.3 is 5.97 Å². The number of aromatic hydroxyl groups is 1. The molecule has 1 saturated heterocycles. The van der Waals surface area contributed by atoms with E-state index in [1.807, 2.05) is 24.3 Å². The van der Waals surface area contributed by atoms with Crippen LogP contribution in [0.1, 0.15) is 24.0 Å². The summed E-state index contributed by atoms with van der Waals surface area (Å²) >= 11 is 0. The van der Waals surface area contributed by atoms with Crippen LogP contribution in [0.4, 0.5) is 0 Å². The molecule has 0 bridgehead atoms. The quantitative estimate of drug-likeness (QED) is 0.153. The predicted octanol–water partition coefficient (Wildman–Crippen LogP) is -0.0580. The highest BCUT2D eigenvalue weighted by atomic mass is 16.4. The molecule has 4 unspecified atom stereocenters. The number of fused-ring (bicyclic) bond motifs is 1. The summed E-state index contributed by atoms with van der Waals surface area (Å²) in [6.07, 6.45) is 3.06. The van der Waals surface area contributed by atoms with E-state index in [4.69, 9.17) is 0 Å². The van der Waals surface area contributed by atoms with Crippen molar-refractivity contribution in [3.8, 4) is 5.75 Å². The largest absolute Gasteiger partial charge is 0.508 e. The van der Waals surface area contributed by atoms with E-state index in [1.165, 1.54) is 12.1 Å². The number of aromatic amines is 1. The summed E-state index contributed by atoms with van der Waals surface area (Å²) in [6.45, 7) is -0.0254. The molecule has 8 N–H and O–H groups in total. The summed E-state index contributed by atoms with van der Waals surface area (Å²) in [7, 11) is 0. The third-order valence-corrected chi connectivity index (χ3v) is 6.92. The molecule has 1 aromatic heterocycles. The van der Waals surface area contributed by atoms with Gasteiger partial charge in [0.1, 0.15) is 23.9 Å². The van der Waals surface area contributed by atoms with Crippen molar-refractivity contribution in [3.05, 3.63) is 65.9 Å². The van der Waals surface area contributed by atoms with E-state index in [2.05, 4.69) is 26.3 Å². The van der Waals surface area contributed by atoms with Gasteiger partial charge in [-0.15, -0.1) is 0 Å². The SMILES string of the molecule is O=C(O)C(Cc1c[nH]c2ccccc12)NC(=O)C(Cc1ccc(O)cc1)NC(=O)C(CO)NC(=O)C1CCCN1. The Morgan fingerprint density at radius 1 is 0.900 bits per heavy atom. The Labute approximate surface area is 230 Å². The lowest BCUT2D eigenvalue weighted by atomic mass is 10.0. The third kappa shape index (κ3) is 7.16. The van der Waals surface area contributed by atoms with E-state index in [1.54, 1.807) is 18.3 Å². The molecule has 1 aliphatic heterocycles. The Kier molecular flexibility index (Phi) is 9.35. The third-order valence-electron chi connectivity index (χ3n) is 6.92. The molecule has 2 aromatic carbocycles. The molecule has 212 valence electrons. The van der Waals surface area contributed by atoms with Crippen LogP contribution in [-0.4, -0.2) is 81.3 Å². The van der Waals surface area contributed by atoms with Crippen LogP contribution in [0.3, 0.4) is 0 Å². The minimum Gasteiger partial charge on any atom is -0.508 e. The molecule has 1 fully saturated rings. The normalized spacial score (nSPS) is 17.1. The first kappa shape index (κ1) is 28.6. The van der Waals surface area contributed by atoms with Gasteiger partial charge in [-0.3, -0.25) is 14.4 Å². The first-order valence-electron chi connectivity index (χ1n) is 13.1. The van der Waals surface area contributed by atoms with Gasteiger partial charge < -0.3 is 41.6 Å². The lowest BCUT2D eigenvalue weighted by molar-refractivity contribution is -0.142. The van der Waals surface area contributed by atoms with Gasteiger partial charge in [0.25, 0.3) is 0 Å². The zero-order valence-electron chi connectivity index (χ0n) is 21.7. The number of aromatic nitrogens is 1. The molecule has 0 radical (unpaired) electrons. The van der Waals surface area contributed by atoms with Gasteiger partial charge in [-0.25, -0.2) is 4.79 Å². The molecular formula is C28H33N5O7. The molecule has 0 spiro atoms. The average molecular weight is 552 g/mol. The van der Waals surface area contributed by atoms with Gasteiger partial charge in [0.05, 0.1) is 12.6 Å². The van der Waals surface area contributed by atoms with Gasteiger partial charge in [-0.2, -0.15) is 0 Å². The maximum absolute atomic E-state index is 13.4. The van der Waals surface area contributed by atoms with Gasteiger partial charge in [0.15, 0.2) is 0 Å². The van der Waals surface area contributed by atoms with Crippen molar-refractivity contribution in [2.24, 2.45) is 0 Å². The van der Waals surface area contributed by atoms with Crippen LogP contribution < -0.4 is 21.3 Å². The van der Waals surface area contributed by atoms with E-state index in [-0.39, 0.29) is 18.6 Å². The first-order chi connectivity index (χ1) is 19.2. The Morgan fingerprint density at radius 3 is 2.27 bits per heavy atom. The molecule has 3 amide bonds. The van der Waals surface area contributed by atoms with E-state index in [9.17, 15) is 34.5 Å². The fourth-order valence-corrected chi connectivity index (χ4v) is 4.72. The first-order valence-corrected chi connectivity index (χ1v) is 13.1. The monoisotopic (exact) mass is 551 g/mol. The number of aliphatic carboxylic acids is 1. The van der Waals surface area contributed by atoms with E-state index in [0.717, 1.165) is 17.3 Å². The molecule has 40 heavy (non-hydrogen) atoms. The molecule has 2 heterocycles. The average Bonchev–Trinajstić information content (AvgIpc) is 3.63. The highest BCUT2D eigenvalue weighted by Gasteiger charge is 2.31. The fraction of sp³-hybridized carbons (Fsp3) is 0.357. The summed E-state index contributed by atoms with van der Waals surface area (Å²) in [5.41, 5.74) is 2.11. The standard InChI is InChI=1S/C28H33N5O7/c34-15-24(33-25(36)21-6-3-11-29-21)27(38)31-22(12-16-7-9-18(35)10-8-16)26(37)32-23(28(39)40)13-17-14-30-20-5-2-1-4-19(17)20/h1-2,4-5,7-10,14,21-24,29-30,34-35H,3,6,11-13,15H2,(H,31,38)(H,32,37)(H,33,36)(H,39,40). The number of nitrogens with one attached hydrogen (secondary N) is 5. The number of phenols is 1. The molecule has 12 nitrogen and oxygen atoms in total. The van der Waals surface area contributed by atoms with Gasteiger partial charge in [-0.1, -0.05) is 30.3 Å². The van der Waals surface area contributed by atoms with E-state index in [0.29, 0.717) is 24.1 Å². The smallest absolute Gasteiger partial charge is 0.326 e. The Balaban J connectivity index is 1.50. The molecule has 0 saturated carbocycles. The zero-order chi connectivity index (χ0) is 28.6. The van der Waals surface area contributed by atoms with Crippen LogP contribution >= 0.6 is 0 Å². The highest BCUT2D eigenvalue weighted by molar-refractivity contribution is 5.94. The summed E-state index contributed by atoms with van der Waals surface area (Å²) in [5.74, 6) is -3.22. The molecular weight excluding hydrogens is 518 g/mol. The summed E-state index contributed by atoms with van der Waals surface area (Å²) in [5, 5.41) is 40.7. The number of rotatable bonds is 12. The highest BCUT2D eigenvalue weighted by Crippen LogP contribution is 2.19. The van der Waals surface area contributed by atoms with Gasteiger partial charge in [0, 0.05) is 29.9 Å². The molecule has 0 aliphatic carbocycles. The van der Waals surface area contributed by atoms with Crippen molar-refractivity contribution in [3.63, 3.8) is 0 Å². The second-order valence-corrected chi connectivity index (χ2v) is 9.79. The van der Waals surface area contributed by atoms with Gasteiger partial charge in [0.2, 0.25) is 17.7 Å². The second kappa shape index (κ2) is 13.1. The Hall–Kier alpha value is -4.42. The van der Waals surface area contributed by atoms with Gasteiger partial charge in [-0.05, 0) is 48.7 Å². The number of para-hydroxylation sites is 1. The van der Waals surface area contributed by atoms with Crippen LogP contribution in [-0.2, 0) is 32.0 Å². The van der Waals surface area contributed by atoms with Crippen LogP contribution in [0.2, 0.25) is 0 Å². The molecule has 4 rings (SSSR count). The van der Waals surface area contributed by atoms with Crippen LogP contribution in [0.15, 0.2) is 54.7 Å². The van der Waals surface area contributed by atoms with Crippen molar-refractivity contribution in [2.45, 2.75) is 49.9 Å². The molecule has 12 heteroatoms. The van der Waals surface area contributed by atoms with E-state index >= 15 is 0 Å². The van der Waals surface area contributed by atoms with Crippen LogP contribution in [0.5, 0.6) is 5.75 Å². The minimum absolute atomic E-state index is 0.00528. The fourth-order valence-electron chi connectivity index (χ4n) is 4.72. The lowest BCUT2D eigenvalue weighted by Crippen LogP contribution is -2.58. The number of H-pyrrole nitrogens is 1. The number of hydrogen-bond acceptors (Lipinski definition) is 7. The molecule has 1 aliphatic rings. The maximum Gasteiger partial charge on any atom is 0.326 e. The van der Waals surface area contributed by atoms with Crippen molar-refractivity contribution < 1.29 is 34.5 Å². The lowest BCUT2D eigenvalue weighted by Gasteiger charge is -2.24. The minimum atomic E-state index is -1.31. The number of benzene rings is 2. The van der Waals surface area contributed by atoms with Crippen molar-refractivity contribution >= 4 is 34.6 Å². The topological polar surface area (TPSA) is 193 Å². The van der Waals surface area contributed by atoms with Crippen LogP contribution in [0.25, 0.3) is 10.9 Å². The number of amides is 3. The number of carboxylic acid groups (broad SMARTS) is 1. The van der Waals surface area contributed by atoms with Crippen molar-refractivity contribution in [2.75, 3.05) is 13.2 Å². The number of aliphatic hydroxyl groups excluding tert-OH is 1. The maximum atomic E-state index is 13.4. The Bertz CT molecular complexity index is 1350. The molecule has 4 atom stereocenters. The number of phenolic OH excluding ortho intramolecular Hbond substituents is 1. The Morgan fingerprint density at radius 2 is 1.60 bits per heavy atom. The van der Waals surface area contributed by atoms with Crippen LogP contribution in [0, 0.1) is 0 Å².